The summed E-state index contributed by atoms with van der Waals surface area (Å²) in [5.74, 6) is 0.322. The predicted molar refractivity (Wildman–Crippen MR) is 98.0 cm³/mol. The van der Waals surface area contributed by atoms with Crippen molar-refractivity contribution in [3.05, 3.63) is 79.0 Å². The average Bonchev–Trinajstić information content (AvgIpc) is 3.01. The summed E-state index contributed by atoms with van der Waals surface area (Å²) in [5, 5.41) is 19.7. The molecule has 0 fully saturated rings. The van der Waals surface area contributed by atoms with Crippen LogP contribution >= 0.6 is 34.8 Å². The third-order valence-electron chi connectivity index (χ3n) is 3.41. The maximum atomic E-state index is 10.7. The minimum Gasteiger partial charge on any atom is -0.484 e. The summed E-state index contributed by atoms with van der Waals surface area (Å²) >= 11 is 18.0. The van der Waals surface area contributed by atoms with E-state index in [1.807, 2.05) is 0 Å². The zero-order valence-electron chi connectivity index (χ0n) is 13.1. The second-order valence-corrected chi connectivity index (χ2v) is 6.57. The van der Waals surface area contributed by atoms with Gasteiger partial charge in [-0.1, -0.05) is 52.1 Å². The van der Waals surface area contributed by atoms with E-state index in [0.717, 1.165) is 5.56 Å². The molecule has 0 atom stereocenters. The summed E-state index contributed by atoms with van der Waals surface area (Å²) in [6.45, 7) is 0.550. The largest absolute Gasteiger partial charge is 0.484 e. The van der Waals surface area contributed by atoms with Crippen LogP contribution in [0.5, 0.6) is 5.75 Å². The van der Waals surface area contributed by atoms with Crippen molar-refractivity contribution in [3.63, 3.8) is 0 Å². The van der Waals surface area contributed by atoms with E-state index in [0.29, 0.717) is 33.1 Å². The Morgan fingerprint density at radius 2 is 1.77 bits per heavy atom. The summed E-state index contributed by atoms with van der Waals surface area (Å²) in [6, 6.07) is 9.31. The van der Waals surface area contributed by atoms with Gasteiger partial charge in [0.25, 0.3) is 5.69 Å². The molecule has 0 bridgehead atoms. The van der Waals surface area contributed by atoms with Gasteiger partial charge in [0.15, 0.2) is 5.75 Å². The van der Waals surface area contributed by atoms with E-state index in [9.17, 15) is 10.1 Å². The van der Waals surface area contributed by atoms with Crippen molar-refractivity contribution in [2.45, 2.75) is 13.2 Å². The molecule has 3 aromatic rings. The molecule has 0 saturated heterocycles. The zero-order valence-corrected chi connectivity index (χ0v) is 15.4. The fraction of sp³-hybridized carbons (Fsp3) is 0.125. The Balaban J connectivity index is 1.64. The highest BCUT2D eigenvalue weighted by Crippen LogP contribution is 2.36. The molecule has 2 aromatic carbocycles. The normalized spacial score (nSPS) is 10.7. The number of aromatic nitrogens is 3. The Hall–Kier alpha value is -2.35. The summed E-state index contributed by atoms with van der Waals surface area (Å²) in [7, 11) is 0. The molecule has 0 saturated carbocycles. The fourth-order valence-corrected chi connectivity index (χ4v) is 3.13. The standard InChI is InChI=1S/C16H11Cl3N4O3/c17-11-5-14(18)16(15(19)6-11)26-9-12-8-22(21-20-12)7-10-1-3-13(4-2-10)23(24)25/h1-6,8H,7,9H2. The maximum absolute atomic E-state index is 10.7. The fourth-order valence-electron chi connectivity index (χ4n) is 2.21. The van der Waals surface area contributed by atoms with Crippen molar-refractivity contribution in [2.75, 3.05) is 0 Å². The predicted octanol–water partition coefficient (Wildman–Crippen LogP) is 4.77. The van der Waals surface area contributed by atoms with E-state index < -0.39 is 4.92 Å². The molecule has 26 heavy (non-hydrogen) atoms. The van der Waals surface area contributed by atoms with Crippen molar-refractivity contribution >= 4 is 40.5 Å². The topological polar surface area (TPSA) is 83.1 Å². The highest BCUT2D eigenvalue weighted by molar-refractivity contribution is 6.40. The van der Waals surface area contributed by atoms with Crippen molar-refractivity contribution in [1.82, 2.24) is 15.0 Å². The highest BCUT2D eigenvalue weighted by atomic mass is 35.5. The first-order valence-electron chi connectivity index (χ1n) is 7.32. The van der Waals surface area contributed by atoms with Crippen LogP contribution in [0.25, 0.3) is 0 Å². The van der Waals surface area contributed by atoms with Gasteiger partial charge in [0.1, 0.15) is 12.3 Å². The van der Waals surface area contributed by atoms with E-state index in [-0.39, 0.29) is 12.3 Å². The van der Waals surface area contributed by atoms with E-state index in [1.165, 1.54) is 24.3 Å². The van der Waals surface area contributed by atoms with Crippen molar-refractivity contribution in [3.8, 4) is 5.75 Å². The molecule has 0 aliphatic rings. The third kappa shape index (κ3) is 4.43. The molecule has 0 amide bonds. The van der Waals surface area contributed by atoms with Gasteiger partial charge in [0.2, 0.25) is 0 Å². The first-order chi connectivity index (χ1) is 12.4. The maximum Gasteiger partial charge on any atom is 0.269 e. The van der Waals surface area contributed by atoms with E-state index in [2.05, 4.69) is 10.3 Å². The number of benzene rings is 2. The number of hydrogen-bond donors (Lipinski definition) is 0. The lowest BCUT2D eigenvalue weighted by molar-refractivity contribution is -0.384. The zero-order chi connectivity index (χ0) is 18.7. The number of hydrogen-bond acceptors (Lipinski definition) is 5. The van der Waals surface area contributed by atoms with Crippen LogP contribution in [0.4, 0.5) is 5.69 Å². The first-order valence-corrected chi connectivity index (χ1v) is 8.45. The molecule has 0 N–H and O–H groups in total. The molecular weight excluding hydrogens is 403 g/mol. The second kappa shape index (κ2) is 7.90. The third-order valence-corrected chi connectivity index (χ3v) is 4.18. The summed E-state index contributed by atoms with van der Waals surface area (Å²) in [6.07, 6.45) is 1.71. The number of nitro benzene ring substituents is 1. The van der Waals surface area contributed by atoms with Gasteiger partial charge in [-0.05, 0) is 17.7 Å². The number of rotatable bonds is 6. The van der Waals surface area contributed by atoms with Gasteiger partial charge >= 0.3 is 0 Å². The lowest BCUT2D eigenvalue weighted by Crippen LogP contribution is -2.00. The summed E-state index contributed by atoms with van der Waals surface area (Å²) < 4.78 is 7.20. The van der Waals surface area contributed by atoms with Crippen LogP contribution in [0.2, 0.25) is 15.1 Å². The molecule has 0 aliphatic heterocycles. The van der Waals surface area contributed by atoms with E-state index in [1.54, 1.807) is 23.0 Å². The number of halogens is 3. The molecule has 10 heteroatoms. The van der Waals surface area contributed by atoms with Gasteiger partial charge in [0.05, 0.1) is 27.7 Å². The van der Waals surface area contributed by atoms with Crippen LogP contribution in [0.3, 0.4) is 0 Å². The molecule has 0 radical (unpaired) electrons. The molecule has 0 unspecified atom stereocenters. The number of nitro groups is 1. The molecule has 7 nitrogen and oxygen atoms in total. The van der Waals surface area contributed by atoms with Crippen molar-refractivity contribution < 1.29 is 9.66 Å². The quantitative estimate of drug-likeness (QED) is 0.429. The van der Waals surface area contributed by atoms with Crippen molar-refractivity contribution in [2.24, 2.45) is 0 Å². The van der Waals surface area contributed by atoms with Gasteiger partial charge in [-0.15, -0.1) is 5.10 Å². The van der Waals surface area contributed by atoms with Crippen LogP contribution in [-0.4, -0.2) is 19.9 Å². The van der Waals surface area contributed by atoms with Crippen LogP contribution in [-0.2, 0) is 13.2 Å². The molecule has 0 aliphatic carbocycles. The van der Waals surface area contributed by atoms with Gasteiger partial charge in [-0.25, -0.2) is 4.68 Å². The van der Waals surface area contributed by atoms with Crippen molar-refractivity contribution in [1.29, 1.82) is 0 Å². The molecule has 134 valence electrons. The van der Waals surface area contributed by atoms with E-state index >= 15 is 0 Å². The lowest BCUT2D eigenvalue weighted by Gasteiger charge is -2.08. The molecule has 1 heterocycles. The summed E-state index contributed by atoms with van der Waals surface area (Å²) in [4.78, 5) is 10.2. The smallest absolute Gasteiger partial charge is 0.269 e. The number of non-ortho nitro benzene ring substituents is 1. The van der Waals surface area contributed by atoms with Gasteiger partial charge in [0, 0.05) is 17.2 Å². The Kier molecular flexibility index (Phi) is 5.61. The number of nitrogens with zero attached hydrogens (tertiary/aromatic N) is 4. The van der Waals surface area contributed by atoms with Gasteiger partial charge in [-0.3, -0.25) is 10.1 Å². The Morgan fingerprint density at radius 1 is 1.12 bits per heavy atom. The minimum absolute atomic E-state index is 0.0400. The molecule has 1 aromatic heterocycles. The first kappa shape index (κ1) is 18.4. The van der Waals surface area contributed by atoms with Crippen LogP contribution < -0.4 is 4.74 Å². The lowest BCUT2D eigenvalue weighted by atomic mass is 10.2. The Labute approximate surface area is 163 Å². The second-order valence-electron chi connectivity index (χ2n) is 5.32. The average molecular weight is 414 g/mol. The summed E-state index contributed by atoms with van der Waals surface area (Å²) in [5.41, 5.74) is 1.48. The van der Waals surface area contributed by atoms with Gasteiger partial charge < -0.3 is 4.74 Å². The number of ether oxygens (including phenoxy) is 1. The van der Waals surface area contributed by atoms with Crippen LogP contribution in [0.1, 0.15) is 11.3 Å². The molecule has 3 rings (SSSR count). The Morgan fingerprint density at radius 3 is 2.38 bits per heavy atom. The molecular formula is C16H11Cl3N4O3. The van der Waals surface area contributed by atoms with Crippen LogP contribution in [0, 0.1) is 10.1 Å². The highest BCUT2D eigenvalue weighted by Gasteiger charge is 2.11. The monoisotopic (exact) mass is 412 g/mol. The minimum atomic E-state index is -0.443. The van der Waals surface area contributed by atoms with Crippen LogP contribution in [0.15, 0.2) is 42.6 Å². The Bertz CT molecular complexity index is 921. The van der Waals surface area contributed by atoms with Gasteiger partial charge in [-0.2, -0.15) is 0 Å². The van der Waals surface area contributed by atoms with E-state index in [4.69, 9.17) is 39.5 Å². The SMILES string of the molecule is O=[N+]([O-])c1ccc(Cn2cc(COc3c(Cl)cc(Cl)cc3Cl)nn2)cc1. The molecule has 0 spiro atoms.